The van der Waals surface area contributed by atoms with Gasteiger partial charge in [0.25, 0.3) is 0 Å². The first-order valence-electron chi connectivity index (χ1n) is 10.6. The van der Waals surface area contributed by atoms with E-state index in [1.807, 2.05) is 6.08 Å². The summed E-state index contributed by atoms with van der Waals surface area (Å²) in [7, 11) is -3.41. The van der Waals surface area contributed by atoms with E-state index in [0.29, 0.717) is 16.6 Å². The van der Waals surface area contributed by atoms with Crippen LogP contribution in [0.25, 0.3) is 0 Å². The summed E-state index contributed by atoms with van der Waals surface area (Å²) in [5.41, 5.74) is 4.10. The highest BCUT2D eigenvalue weighted by atomic mass is 28.4. The Balaban J connectivity index is 2.56. The molecule has 0 saturated heterocycles. The fourth-order valence-corrected chi connectivity index (χ4v) is 11.9. The van der Waals surface area contributed by atoms with Crippen molar-refractivity contribution in [2.75, 3.05) is 6.61 Å². The minimum Gasteiger partial charge on any atom is -0.416 e. The number of benzene rings is 1. The van der Waals surface area contributed by atoms with E-state index in [9.17, 15) is 5.11 Å². The Bertz CT molecular complexity index is 543. The van der Waals surface area contributed by atoms with Gasteiger partial charge in [-0.1, -0.05) is 102 Å². The van der Waals surface area contributed by atoms with Gasteiger partial charge in [0.05, 0.1) is 6.10 Å². The second-order valence-corrected chi connectivity index (χ2v) is 19.1. The van der Waals surface area contributed by atoms with Crippen molar-refractivity contribution in [2.45, 2.75) is 90.2 Å². The van der Waals surface area contributed by atoms with Gasteiger partial charge in [-0.15, -0.1) is 0 Å². The van der Waals surface area contributed by atoms with Crippen LogP contribution in [0.4, 0.5) is 0 Å². The molecule has 154 valence electrons. The third-order valence-corrected chi connectivity index (χ3v) is 14.9. The van der Waals surface area contributed by atoms with Gasteiger partial charge in [0.15, 0.2) is 8.32 Å². The maximum Gasteiger partial charge on any atom is 0.200 e. The highest BCUT2D eigenvalue weighted by Gasteiger charge is 2.44. The Labute approximate surface area is 170 Å². The van der Waals surface area contributed by atoms with Crippen LogP contribution in [0.5, 0.6) is 0 Å². The fraction of sp³-hybridized carbons (Fsp3) is 0.652. The van der Waals surface area contributed by atoms with Crippen molar-refractivity contribution in [2.24, 2.45) is 0 Å². The smallest absolute Gasteiger partial charge is 0.200 e. The van der Waals surface area contributed by atoms with Gasteiger partial charge in [0.1, 0.15) is 8.07 Å². The third kappa shape index (κ3) is 6.70. The van der Waals surface area contributed by atoms with E-state index in [2.05, 4.69) is 90.7 Å². The number of hydrogen-bond acceptors (Lipinski definition) is 2. The molecule has 0 saturated carbocycles. The van der Waals surface area contributed by atoms with E-state index in [4.69, 9.17) is 4.43 Å². The Morgan fingerprint density at radius 1 is 0.926 bits per heavy atom. The molecule has 0 spiro atoms. The number of rotatable bonds is 11. The maximum absolute atomic E-state index is 10.4. The van der Waals surface area contributed by atoms with E-state index >= 15 is 0 Å². The van der Waals surface area contributed by atoms with Crippen LogP contribution in [-0.4, -0.2) is 34.2 Å². The predicted molar refractivity (Wildman–Crippen MR) is 125 cm³/mol. The van der Waals surface area contributed by atoms with Gasteiger partial charge < -0.3 is 9.53 Å². The molecule has 0 unspecified atom stereocenters. The molecule has 0 amide bonds. The minimum atomic E-state index is -1.78. The van der Waals surface area contributed by atoms with Gasteiger partial charge in [-0.05, 0) is 29.5 Å². The average Bonchev–Trinajstić information content (AvgIpc) is 2.60. The largest absolute Gasteiger partial charge is 0.416 e. The number of aliphatic hydroxyl groups excluding tert-OH is 1. The Morgan fingerprint density at radius 2 is 1.44 bits per heavy atom. The highest BCUT2D eigenvalue weighted by Crippen LogP contribution is 2.42. The summed E-state index contributed by atoms with van der Waals surface area (Å²) in [5.74, 6) is 0. The van der Waals surface area contributed by atoms with E-state index < -0.39 is 16.4 Å². The first kappa shape index (κ1) is 24.4. The molecule has 1 aromatic carbocycles. The molecule has 0 fully saturated rings. The SMILES string of the molecule is CC(C)[Si](OCCC[C@@H](O)/C=C/[Si](C)(C)c1ccccc1)(C(C)C)C(C)C. The van der Waals surface area contributed by atoms with Crippen molar-refractivity contribution < 1.29 is 9.53 Å². The summed E-state index contributed by atoms with van der Waals surface area (Å²) >= 11 is 0. The molecule has 1 N–H and O–H groups in total. The molecule has 4 heteroatoms. The lowest BCUT2D eigenvalue weighted by Gasteiger charge is -2.42. The van der Waals surface area contributed by atoms with Crippen molar-refractivity contribution >= 4 is 21.6 Å². The monoisotopic (exact) mass is 406 g/mol. The second kappa shape index (κ2) is 10.7. The van der Waals surface area contributed by atoms with Crippen LogP contribution >= 0.6 is 0 Å². The van der Waals surface area contributed by atoms with Gasteiger partial charge in [0, 0.05) is 6.61 Å². The summed E-state index contributed by atoms with van der Waals surface area (Å²) in [6, 6.07) is 10.6. The molecule has 0 aliphatic rings. The predicted octanol–water partition coefficient (Wildman–Crippen LogP) is 6.03. The Kier molecular flexibility index (Phi) is 9.69. The van der Waals surface area contributed by atoms with Gasteiger partial charge in [-0.2, -0.15) is 0 Å². The van der Waals surface area contributed by atoms with Crippen LogP contribution in [0.2, 0.25) is 29.7 Å². The van der Waals surface area contributed by atoms with Crippen LogP contribution < -0.4 is 5.19 Å². The molecule has 27 heavy (non-hydrogen) atoms. The van der Waals surface area contributed by atoms with Crippen molar-refractivity contribution in [3.8, 4) is 0 Å². The Hall–Kier alpha value is -0.686. The summed E-state index contributed by atoms with van der Waals surface area (Å²) in [6.07, 6.45) is 3.32. The van der Waals surface area contributed by atoms with Gasteiger partial charge in [0.2, 0.25) is 0 Å². The number of aliphatic hydroxyl groups is 1. The Morgan fingerprint density at radius 3 is 1.93 bits per heavy atom. The lowest BCUT2D eigenvalue weighted by Crippen LogP contribution is -2.48. The summed E-state index contributed by atoms with van der Waals surface area (Å²) in [6.45, 7) is 19.3. The number of hydrogen-bond donors (Lipinski definition) is 1. The van der Waals surface area contributed by atoms with Gasteiger partial charge in [-0.25, -0.2) is 0 Å². The average molecular weight is 407 g/mol. The molecule has 1 rings (SSSR count). The molecular formula is C23H42O2Si2. The summed E-state index contributed by atoms with van der Waals surface area (Å²) < 4.78 is 6.59. The van der Waals surface area contributed by atoms with Crippen LogP contribution in [0, 0.1) is 0 Å². The first-order valence-corrected chi connectivity index (χ1v) is 15.8. The zero-order valence-electron chi connectivity index (χ0n) is 18.8. The molecule has 1 atom stereocenters. The van der Waals surface area contributed by atoms with Crippen molar-refractivity contribution in [3.63, 3.8) is 0 Å². The van der Waals surface area contributed by atoms with Crippen molar-refractivity contribution in [1.29, 1.82) is 0 Å². The normalized spacial score (nSPS) is 14.7. The summed E-state index contributed by atoms with van der Waals surface area (Å²) in [4.78, 5) is 0. The van der Waals surface area contributed by atoms with E-state index in [-0.39, 0.29) is 6.10 Å². The van der Waals surface area contributed by atoms with Gasteiger partial charge in [-0.3, -0.25) is 0 Å². The maximum atomic E-state index is 10.4. The lowest BCUT2D eigenvalue weighted by molar-refractivity contribution is 0.190. The molecule has 2 nitrogen and oxygen atoms in total. The fourth-order valence-electron chi connectivity index (χ4n) is 4.45. The quantitative estimate of drug-likeness (QED) is 0.359. The van der Waals surface area contributed by atoms with Crippen LogP contribution in [-0.2, 0) is 4.43 Å². The third-order valence-electron chi connectivity index (χ3n) is 5.96. The van der Waals surface area contributed by atoms with Crippen molar-refractivity contribution in [1.82, 2.24) is 0 Å². The first-order chi connectivity index (χ1) is 12.5. The van der Waals surface area contributed by atoms with Crippen LogP contribution in [0.1, 0.15) is 54.4 Å². The highest BCUT2D eigenvalue weighted by molar-refractivity contribution is 6.93. The molecular weight excluding hydrogens is 364 g/mol. The van der Waals surface area contributed by atoms with E-state index in [0.717, 1.165) is 19.4 Å². The summed E-state index contributed by atoms with van der Waals surface area (Å²) in [5, 5.41) is 11.8. The molecule has 0 aliphatic carbocycles. The molecule has 0 aromatic heterocycles. The van der Waals surface area contributed by atoms with E-state index in [1.54, 1.807) is 0 Å². The lowest BCUT2D eigenvalue weighted by atomic mass is 10.2. The van der Waals surface area contributed by atoms with Crippen molar-refractivity contribution in [3.05, 3.63) is 42.1 Å². The molecule has 1 aromatic rings. The minimum absolute atomic E-state index is 0.377. The standard InChI is InChI=1S/C23H42O2Si2/c1-19(2)27(20(3)4,21(5)6)25-17-12-13-22(24)16-18-26(7,8)23-14-10-9-11-15-23/h9-11,14-16,18-22,24H,12-13,17H2,1-8H3/b18-16+/t22-/m1/s1. The van der Waals surface area contributed by atoms with Gasteiger partial charge >= 0.3 is 0 Å². The van der Waals surface area contributed by atoms with Crippen LogP contribution in [0.15, 0.2) is 42.1 Å². The second-order valence-electron chi connectivity index (χ2n) is 9.32. The molecule has 0 heterocycles. The van der Waals surface area contributed by atoms with E-state index in [1.165, 1.54) is 5.19 Å². The molecule has 0 radical (unpaired) electrons. The topological polar surface area (TPSA) is 29.5 Å². The molecule has 0 aliphatic heterocycles. The zero-order valence-corrected chi connectivity index (χ0v) is 20.8. The van der Waals surface area contributed by atoms with Crippen LogP contribution in [0.3, 0.4) is 0 Å². The molecule has 0 bridgehead atoms. The zero-order chi connectivity index (χ0) is 20.7.